The molecule has 118 valence electrons. The van der Waals surface area contributed by atoms with Crippen molar-refractivity contribution in [2.45, 2.75) is 5.92 Å². The maximum Gasteiger partial charge on any atom is 0.321 e. The van der Waals surface area contributed by atoms with Crippen LogP contribution >= 0.6 is 0 Å². The molecule has 4 nitrogen and oxygen atoms in total. The molecule has 0 radical (unpaired) electrons. The van der Waals surface area contributed by atoms with Crippen molar-refractivity contribution in [2.24, 2.45) is 5.92 Å². The molecule has 0 spiro atoms. The molecule has 2 aromatic carbocycles. The highest BCUT2D eigenvalue weighted by molar-refractivity contribution is 5.95. The van der Waals surface area contributed by atoms with Gasteiger partial charge in [0.05, 0.1) is 7.11 Å². The van der Waals surface area contributed by atoms with Gasteiger partial charge in [-0.25, -0.2) is 0 Å². The third-order valence-electron chi connectivity index (χ3n) is 3.56. The molecule has 0 fully saturated rings. The topological polar surface area (TPSA) is 63.6 Å². The first-order valence-electron chi connectivity index (χ1n) is 7.22. The van der Waals surface area contributed by atoms with Crippen LogP contribution in [0, 0.1) is 5.92 Å². The maximum atomic E-state index is 11.9. The van der Waals surface area contributed by atoms with Crippen molar-refractivity contribution in [3.05, 3.63) is 77.9 Å². The van der Waals surface area contributed by atoms with Gasteiger partial charge in [-0.3, -0.25) is 9.59 Å². The number of methoxy groups -OCH3 is 1. The van der Waals surface area contributed by atoms with Gasteiger partial charge in [-0.15, -0.1) is 0 Å². The number of carboxylic acid groups (broad SMARTS) is 1. The molecule has 0 aliphatic carbocycles. The van der Waals surface area contributed by atoms with E-state index in [-0.39, 0.29) is 0 Å². The van der Waals surface area contributed by atoms with E-state index in [0.29, 0.717) is 0 Å². The summed E-state index contributed by atoms with van der Waals surface area (Å²) in [6, 6.07) is 18.6. The largest absolute Gasteiger partial charge is 0.481 e. The van der Waals surface area contributed by atoms with Crippen LogP contribution in [0.5, 0.6) is 0 Å². The number of rotatable bonds is 6. The predicted octanol–water partition coefficient (Wildman–Crippen LogP) is 3.36. The second kappa shape index (κ2) is 7.94. The zero-order chi connectivity index (χ0) is 16.7. The number of ether oxygens (including phenoxy) is 1. The Morgan fingerprint density at radius 1 is 1.00 bits per heavy atom. The molecule has 2 atom stereocenters. The maximum absolute atomic E-state index is 11.9. The van der Waals surface area contributed by atoms with Gasteiger partial charge in [0.1, 0.15) is 0 Å². The molecule has 0 bridgehead atoms. The van der Waals surface area contributed by atoms with Crippen molar-refractivity contribution in [3.63, 3.8) is 0 Å². The number of esters is 1. The molecule has 2 rings (SSSR count). The summed E-state index contributed by atoms with van der Waals surface area (Å²) >= 11 is 0. The van der Waals surface area contributed by atoms with Crippen molar-refractivity contribution in [3.8, 4) is 0 Å². The van der Waals surface area contributed by atoms with Crippen molar-refractivity contribution in [1.82, 2.24) is 0 Å². The fourth-order valence-corrected chi connectivity index (χ4v) is 2.40. The summed E-state index contributed by atoms with van der Waals surface area (Å²) in [6.45, 7) is 0. The van der Waals surface area contributed by atoms with Gasteiger partial charge in [-0.1, -0.05) is 72.8 Å². The fraction of sp³-hybridized carbons (Fsp3) is 0.158. The van der Waals surface area contributed by atoms with Crippen molar-refractivity contribution in [2.75, 3.05) is 7.11 Å². The van der Waals surface area contributed by atoms with Crippen LogP contribution in [0.25, 0.3) is 6.08 Å². The van der Waals surface area contributed by atoms with E-state index < -0.39 is 23.8 Å². The standard InChI is InChI=1S/C19H18O4/c1-23-19(22)17(18(20)21)16(15-10-6-3-7-11-15)13-12-14-8-4-2-5-9-14/h2-13,16-17H,1H3,(H,20,21)/b13-12+/t16?,17-/m0/s1. The first kappa shape index (κ1) is 16.5. The van der Waals surface area contributed by atoms with Crippen LogP contribution in [-0.2, 0) is 14.3 Å². The summed E-state index contributed by atoms with van der Waals surface area (Å²) in [6.07, 6.45) is 3.55. The lowest BCUT2D eigenvalue weighted by molar-refractivity contribution is -0.157. The van der Waals surface area contributed by atoms with E-state index in [1.165, 1.54) is 7.11 Å². The summed E-state index contributed by atoms with van der Waals surface area (Å²) in [5, 5.41) is 9.47. The molecule has 0 saturated heterocycles. The van der Waals surface area contributed by atoms with E-state index in [9.17, 15) is 14.7 Å². The van der Waals surface area contributed by atoms with Gasteiger partial charge < -0.3 is 9.84 Å². The van der Waals surface area contributed by atoms with Gasteiger partial charge in [-0.05, 0) is 11.1 Å². The van der Waals surface area contributed by atoms with Gasteiger partial charge in [0, 0.05) is 5.92 Å². The zero-order valence-corrected chi connectivity index (χ0v) is 12.8. The average molecular weight is 310 g/mol. The Balaban J connectivity index is 2.41. The van der Waals surface area contributed by atoms with Crippen LogP contribution in [0.15, 0.2) is 66.7 Å². The first-order valence-corrected chi connectivity index (χ1v) is 7.22. The molecular weight excluding hydrogens is 292 g/mol. The summed E-state index contributed by atoms with van der Waals surface area (Å²) in [5.74, 6) is -3.86. The van der Waals surface area contributed by atoms with E-state index in [2.05, 4.69) is 4.74 Å². The van der Waals surface area contributed by atoms with Gasteiger partial charge in [-0.2, -0.15) is 0 Å². The molecule has 0 amide bonds. The Labute approximate surface area is 135 Å². The number of carbonyl (C=O) groups is 2. The Hall–Kier alpha value is -2.88. The number of allylic oxidation sites excluding steroid dienone is 1. The second-order valence-electron chi connectivity index (χ2n) is 5.05. The molecule has 0 aliphatic heterocycles. The molecule has 2 aromatic rings. The van der Waals surface area contributed by atoms with E-state index in [1.54, 1.807) is 18.2 Å². The molecule has 0 saturated carbocycles. The van der Waals surface area contributed by atoms with Crippen molar-refractivity contribution < 1.29 is 19.4 Å². The van der Waals surface area contributed by atoms with Crippen LogP contribution in [-0.4, -0.2) is 24.2 Å². The third kappa shape index (κ3) is 4.30. The van der Waals surface area contributed by atoms with Crippen molar-refractivity contribution in [1.29, 1.82) is 0 Å². The van der Waals surface area contributed by atoms with E-state index in [4.69, 9.17) is 0 Å². The third-order valence-corrected chi connectivity index (χ3v) is 3.56. The SMILES string of the molecule is COC(=O)[C@H](C(=O)O)C(/C=C/c1ccccc1)c1ccccc1. The Kier molecular flexibility index (Phi) is 5.69. The lowest BCUT2D eigenvalue weighted by Crippen LogP contribution is -2.30. The van der Waals surface area contributed by atoms with Crippen molar-refractivity contribution >= 4 is 18.0 Å². The number of hydrogen-bond donors (Lipinski definition) is 1. The highest BCUT2D eigenvalue weighted by Crippen LogP contribution is 2.28. The molecule has 0 heterocycles. The first-order chi connectivity index (χ1) is 11.1. The van der Waals surface area contributed by atoms with Gasteiger partial charge in [0.25, 0.3) is 0 Å². The quantitative estimate of drug-likeness (QED) is 0.656. The monoisotopic (exact) mass is 310 g/mol. The Morgan fingerprint density at radius 2 is 1.57 bits per heavy atom. The Morgan fingerprint density at radius 3 is 2.09 bits per heavy atom. The number of aliphatic carboxylic acids is 1. The highest BCUT2D eigenvalue weighted by Gasteiger charge is 2.35. The highest BCUT2D eigenvalue weighted by atomic mass is 16.5. The normalized spacial score (nSPS) is 13.4. The van der Waals surface area contributed by atoms with Crippen LogP contribution in [0.3, 0.4) is 0 Å². The van der Waals surface area contributed by atoms with Crippen LogP contribution in [0.2, 0.25) is 0 Å². The van der Waals surface area contributed by atoms with Crippen LogP contribution < -0.4 is 0 Å². The molecular formula is C19H18O4. The lowest BCUT2D eigenvalue weighted by Gasteiger charge is -2.19. The average Bonchev–Trinajstić information content (AvgIpc) is 2.59. The second-order valence-corrected chi connectivity index (χ2v) is 5.05. The summed E-state index contributed by atoms with van der Waals surface area (Å²) in [7, 11) is 1.20. The lowest BCUT2D eigenvalue weighted by atomic mass is 9.85. The minimum Gasteiger partial charge on any atom is -0.481 e. The molecule has 4 heteroatoms. The van der Waals surface area contributed by atoms with Gasteiger partial charge in [0.15, 0.2) is 5.92 Å². The van der Waals surface area contributed by atoms with E-state index in [1.807, 2.05) is 54.6 Å². The van der Waals surface area contributed by atoms with Crippen LogP contribution in [0.1, 0.15) is 17.0 Å². The van der Waals surface area contributed by atoms with E-state index in [0.717, 1.165) is 11.1 Å². The molecule has 23 heavy (non-hydrogen) atoms. The molecule has 0 aromatic heterocycles. The summed E-state index contributed by atoms with van der Waals surface area (Å²) < 4.78 is 4.67. The molecule has 1 N–H and O–H groups in total. The number of carbonyl (C=O) groups excluding carboxylic acids is 1. The zero-order valence-electron chi connectivity index (χ0n) is 12.8. The smallest absolute Gasteiger partial charge is 0.321 e. The molecule has 0 aliphatic rings. The number of hydrogen-bond acceptors (Lipinski definition) is 3. The minimum atomic E-state index is -1.29. The molecule has 1 unspecified atom stereocenters. The minimum absolute atomic E-state index is 0.610. The van der Waals surface area contributed by atoms with Crippen LogP contribution in [0.4, 0.5) is 0 Å². The number of carboxylic acids is 1. The van der Waals surface area contributed by atoms with E-state index >= 15 is 0 Å². The fourth-order valence-electron chi connectivity index (χ4n) is 2.40. The number of benzene rings is 2. The Bertz CT molecular complexity index is 677. The van der Waals surface area contributed by atoms with Gasteiger partial charge >= 0.3 is 11.9 Å². The summed E-state index contributed by atoms with van der Waals surface area (Å²) in [5.41, 5.74) is 1.68. The predicted molar refractivity (Wildman–Crippen MR) is 87.8 cm³/mol. The van der Waals surface area contributed by atoms with Gasteiger partial charge in [0.2, 0.25) is 0 Å². The summed E-state index contributed by atoms with van der Waals surface area (Å²) in [4.78, 5) is 23.5.